The number of anilines is 1. The minimum Gasteiger partial charge on any atom is -0.504 e. The largest absolute Gasteiger partial charge is 0.504 e. The van der Waals surface area contributed by atoms with Crippen molar-refractivity contribution in [1.29, 1.82) is 0 Å². The SMILES string of the molecule is COc1ccc(CNc2cc(C)ccc2C)cc1O. The lowest BCUT2D eigenvalue weighted by molar-refractivity contribution is 0.373. The van der Waals surface area contributed by atoms with Gasteiger partial charge < -0.3 is 15.2 Å². The number of methoxy groups -OCH3 is 1. The molecule has 0 saturated carbocycles. The average molecular weight is 257 g/mol. The van der Waals surface area contributed by atoms with Crippen LogP contribution in [0.4, 0.5) is 5.69 Å². The molecule has 0 aliphatic rings. The second kappa shape index (κ2) is 5.65. The van der Waals surface area contributed by atoms with Crippen LogP contribution in [0.3, 0.4) is 0 Å². The summed E-state index contributed by atoms with van der Waals surface area (Å²) in [6.45, 7) is 4.82. The monoisotopic (exact) mass is 257 g/mol. The summed E-state index contributed by atoms with van der Waals surface area (Å²) in [6, 6.07) is 11.8. The second-order valence-corrected chi connectivity index (χ2v) is 4.68. The molecule has 0 spiro atoms. The predicted molar refractivity (Wildman–Crippen MR) is 77.9 cm³/mol. The van der Waals surface area contributed by atoms with Gasteiger partial charge in [0.15, 0.2) is 11.5 Å². The Morgan fingerprint density at radius 1 is 1.11 bits per heavy atom. The van der Waals surface area contributed by atoms with Gasteiger partial charge in [-0.2, -0.15) is 0 Å². The lowest BCUT2D eigenvalue weighted by atomic mass is 10.1. The number of benzene rings is 2. The van der Waals surface area contributed by atoms with E-state index in [0.717, 1.165) is 11.3 Å². The highest BCUT2D eigenvalue weighted by Gasteiger charge is 2.03. The Morgan fingerprint density at radius 2 is 1.89 bits per heavy atom. The van der Waals surface area contributed by atoms with E-state index in [0.29, 0.717) is 12.3 Å². The fourth-order valence-electron chi connectivity index (χ4n) is 1.97. The Morgan fingerprint density at radius 3 is 2.58 bits per heavy atom. The summed E-state index contributed by atoms with van der Waals surface area (Å²) < 4.78 is 5.03. The quantitative estimate of drug-likeness (QED) is 0.878. The van der Waals surface area contributed by atoms with Gasteiger partial charge in [0.2, 0.25) is 0 Å². The first-order valence-corrected chi connectivity index (χ1v) is 6.27. The molecule has 0 amide bonds. The van der Waals surface area contributed by atoms with Gasteiger partial charge in [0.05, 0.1) is 7.11 Å². The summed E-state index contributed by atoms with van der Waals surface area (Å²) in [4.78, 5) is 0. The minimum absolute atomic E-state index is 0.169. The second-order valence-electron chi connectivity index (χ2n) is 4.68. The minimum atomic E-state index is 0.169. The third-order valence-corrected chi connectivity index (χ3v) is 3.12. The van der Waals surface area contributed by atoms with Gasteiger partial charge in [-0.05, 0) is 48.7 Å². The van der Waals surface area contributed by atoms with E-state index in [1.165, 1.54) is 11.1 Å². The maximum absolute atomic E-state index is 9.73. The van der Waals surface area contributed by atoms with Crippen LogP contribution in [0.2, 0.25) is 0 Å². The van der Waals surface area contributed by atoms with E-state index in [2.05, 4.69) is 37.4 Å². The number of hydrogen-bond acceptors (Lipinski definition) is 3. The highest BCUT2D eigenvalue weighted by atomic mass is 16.5. The molecule has 0 aromatic heterocycles. The highest BCUT2D eigenvalue weighted by molar-refractivity contribution is 5.53. The van der Waals surface area contributed by atoms with E-state index >= 15 is 0 Å². The van der Waals surface area contributed by atoms with Crippen LogP contribution in [0, 0.1) is 13.8 Å². The summed E-state index contributed by atoms with van der Waals surface area (Å²) in [7, 11) is 1.54. The van der Waals surface area contributed by atoms with E-state index in [1.54, 1.807) is 19.2 Å². The molecule has 0 bridgehead atoms. The standard InChI is InChI=1S/C16H19NO2/c1-11-4-5-12(2)14(8-11)17-10-13-6-7-16(19-3)15(18)9-13/h4-9,17-18H,10H2,1-3H3. The number of rotatable bonds is 4. The Labute approximate surface area is 113 Å². The van der Waals surface area contributed by atoms with Crippen molar-refractivity contribution in [3.05, 3.63) is 53.1 Å². The van der Waals surface area contributed by atoms with Crippen molar-refractivity contribution in [3.8, 4) is 11.5 Å². The number of ether oxygens (including phenoxy) is 1. The first kappa shape index (κ1) is 13.3. The van der Waals surface area contributed by atoms with Crippen LogP contribution in [0.25, 0.3) is 0 Å². The molecule has 2 N–H and O–H groups in total. The third kappa shape index (κ3) is 3.19. The van der Waals surface area contributed by atoms with E-state index in [4.69, 9.17) is 4.74 Å². The smallest absolute Gasteiger partial charge is 0.160 e. The van der Waals surface area contributed by atoms with Crippen molar-refractivity contribution in [2.24, 2.45) is 0 Å². The van der Waals surface area contributed by atoms with Crippen LogP contribution in [-0.2, 0) is 6.54 Å². The summed E-state index contributed by atoms with van der Waals surface area (Å²) in [5.41, 5.74) is 4.57. The molecule has 0 radical (unpaired) electrons. The van der Waals surface area contributed by atoms with Gasteiger partial charge >= 0.3 is 0 Å². The Balaban J connectivity index is 2.10. The van der Waals surface area contributed by atoms with Crippen molar-refractivity contribution in [1.82, 2.24) is 0 Å². The first-order chi connectivity index (χ1) is 9.10. The van der Waals surface area contributed by atoms with Crippen molar-refractivity contribution in [3.63, 3.8) is 0 Å². The molecular formula is C16H19NO2. The molecule has 19 heavy (non-hydrogen) atoms. The van der Waals surface area contributed by atoms with E-state index in [-0.39, 0.29) is 5.75 Å². The molecule has 2 aromatic carbocycles. The summed E-state index contributed by atoms with van der Waals surface area (Å²) in [5, 5.41) is 13.1. The van der Waals surface area contributed by atoms with E-state index < -0.39 is 0 Å². The summed E-state index contributed by atoms with van der Waals surface area (Å²) in [5.74, 6) is 0.665. The number of hydrogen-bond donors (Lipinski definition) is 2. The van der Waals surface area contributed by atoms with Crippen LogP contribution in [0.5, 0.6) is 11.5 Å². The van der Waals surface area contributed by atoms with Gasteiger partial charge in [0.1, 0.15) is 0 Å². The third-order valence-electron chi connectivity index (χ3n) is 3.12. The average Bonchev–Trinajstić information content (AvgIpc) is 2.40. The zero-order valence-electron chi connectivity index (χ0n) is 11.5. The fraction of sp³-hybridized carbons (Fsp3) is 0.250. The van der Waals surface area contributed by atoms with Gasteiger partial charge in [-0.15, -0.1) is 0 Å². The normalized spacial score (nSPS) is 10.3. The van der Waals surface area contributed by atoms with Crippen molar-refractivity contribution < 1.29 is 9.84 Å². The number of aromatic hydroxyl groups is 1. The maximum Gasteiger partial charge on any atom is 0.160 e. The maximum atomic E-state index is 9.73. The summed E-state index contributed by atoms with van der Waals surface area (Å²) in [6.07, 6.45) is 0. The Bertz CT molecular complexity index is 579. The molecule has 3 heteroatoms. The van der Waals surface area contributed by atoms with Crippen molar-refractivity contribution in [2.75, 3.05) is 12.4 Å². The van der Waals surface area contributed by atoms with Crippen LogP contribution >= 0.6 is 0 Å². The van der Waals surface area contributed by atoms with Gasteiger partial charge in [0, 0.05) is 12.2 Å². The van der Waals surface area contributed by atoms with E-state index in [1.807, 2.05) is 6.07 Å². The van der Waals surface area contributed by atoms with Gasteiger partial charge in [-0.25, -0.2) is 0 Å². The van der Waals surface area contributed by atoms with Crippen LogP contribution in [0.15, 0.2) is 36.4 Å². The van der Waals surface area contributed by atoms with Gasteiger partial charge in [0.25, 0.3) is 0 Å². The lowest BCUT2D eigenvalue weighted by Gasteiger charge is -2.11. The Kier molecular flexibility index (Phi) is 3.95. The number of aryl methyl sites for hydroxylation is 2. The molecule has 0 fully saturated rings. The fourth-order valence-corrected chi connectivity index (χ4v) is 1.97. The molecule has 2 aromatic rings. The molecule has 100 valence electrons. The van der Waals surface area contributed by atoms with Crippen molar-refractivity contribution in [2.45, 2.75) is 20.4 Å². The van der Waals surface area contributed by atoms with Gasteiger partial charge in [-0.3, -0.25) is 0 Å². The zero-order valence-corrected chi connectivity index (χ0v) is 11.5. The topological polar surface area (TPSA) is 41.5 Å². The number of nitrogens with one attached hydrogen (secondary N) is 1. The van der Waals surface area contributed by atoms with Crippen LogP contribution in [0.1, 0.15) is 16.7 Å². The number of phenols is 1. The van der Waals surface area contributed by atoms with Crippen LogP contribution in [-0.4, -0.2) is 12.2 Å². The molecule has 0 saturated heterocycles. The molecule has 3 nitrogen and oxygen atoms in total. The highest BCUT2D eigenvalue weighted by Crippen LogP contribution is 2.26. The molecule has 0 aliphatic carbocycles. The number of phenolic OH excluding ortho intramolecular Hbond substituents is 1. The molecule has 0 aliphatic heterocycles. The molecule has 0 heterocycles. The van der Waals surface area contributed by atoms with Crippen LogP contribution < -0.4 is 10.1 Å². The molecule has 2 rings (SSSR count). The molecule has 0 atom stereocenters. The molecule has 0 unspecified atom stereocenters. The van der Waals surface area contributed by atoms with Gasteiger partial charge in [-0.1, -0.05) is 18.2 Å². The summed E-state index contributed by atoms with van der Waals surface area (Å²) >= 11 is 0. The lowest BCUT2D eigenvalue weighted by Crippen LogP contribution is -2.01. The molecular weight excluding hydrogens is 238 g/mol. The predicted octanol–water partition coefficient (Wildman–Crippen LogP) is 3.63. The van der Waals surface area contributed by atoms with Crippen molar-refractivity contribution >= 4 is 5.69 Å². The Hall–Kier alpha value is -2.16. The van der Waals surface area contributed by atoms with E-state index in [9.17, 15) is 5.11 Å². The zero-order chi connectivity index (χ0) is 13.8. The first-order valence-electron chi connectivity index (χ1n) is 6.27.